The van der Waals surface area contributed by atoms with Gasteiger partial charge in [-0.2, -0.15) is 0 Å². The third kappa shape index (κ3) is 6.11. The Bertz CT molecular complexity index is 1460. The van der Waals surface area contributed by atoms with Crippen molar-refractivity contribution in [2.75, 3.05) is 13.6 Å². The zero-order valence-corrected chi connectivity index (χ0v) is 22.9. The van der Waals surface area contributed by atoms with E-state index in [1.807, 2.05) is 43.0 Å². The minimum Gasteiger partial charge on any atom is -0.486 e. The fraction of sp³-hybridized carbons (Fsp3) is 0.312. The van der Waals surface area contributed by atoms with Crippen molar-refractivity contribution >= 4 is 11.8 Å². The van der Waals surface area contributed by atoms with Crippen molar-refractivity contribution in [2.24, 2.45) is 5.92 Å². The van der Waals surface area contributed by atoms with Gasteiger partial charge in [0.25, 0.3) is 5.91 Å². The van der Waals surface area contributed by atoms with Gasteiger partial charge in [0.1, 0.15) is 29.7 Å². The van der Waals surface area contributed by atoms with E-state index in [0.717, 1.165) is 23.1 Å². The van der Waals surface area contributed by atoms with Crippen LogP contribution >= 0.6 is 0 Å². The molecule has 1 aliphatic heterocycles. The van der Waals surface area contributed by atoms with Crippen molar-refractivity contribution in [1.29, 1.82) is 0 Å². The van der Waals surface area contributed by atoms with Crippen molar-refractivity contribution < 1.29 is 27.6 Å². The van der Waals surface area contributed by atoms with Gasteiger partial charge in [0.2, 0.25) is 5.91 Å². The predicted octanol–water partition coefficient (Wildman–Crippen LogP) is 6.38. The van der Waals surface area contributed by atoms with Gasteiger partial charge in [-0.15, -0.1) is 0 Å². The molecule has 0 bridgehead atoms. The number of rotatable bonds is 9. The number of carbonyl (C=O) groups excluding carboxylic acids is 2. The molecule has 5 rings (SSSR count). The maximum atomic E-state index is 13.7. The molecule has 0 aliphatic carbocycles. The van der Waals surface area contributed by atoms with Crippen molar-refractivity contribution in [3.63, 3.8) is 0 Å². The number of ether oxygens (including phenoxy) is 1. The zero-order valence-electron chi connectivity index (χ0n) is 22.9. The van der Waals surface area contributed by atoms with E-state index in [1.54, 1.807) is 43.6 Å². The fourth-order valence-electron chi connectivity index (χ4n) is 5.04. The van der Waals surface area contributed by atoms with Gasteiger partial charge < -0.3 is 23.4 Å². The number of furan rings is 2. The van der Waals surface area contributed by atoms with E-state index in [9.17, 15) is 14.0 Å². The molecule has 8 heteroatoms. The summed E-state index contributed by atoms with van der Waals surface area (Å²) < 4.78 is 30.9. The molecular weight excluding hydrogens is 511 g/mol. The number of nitrogens with zero attached hydrogens (tertiary/aromatic N) is 2. The topological polar surface area (TPSA) is 76.1 Å². The van der Waals surface area contributed by atoms with E-state index in [2.05, 4.69) is 0 Å². The van der Waals surface area contributed by atoms with Gasteiger partial charge in [0, 0.05) is 20.0 Å². The molecule has 7 nitrogen and oxygen atoms in total. The van der Waals surface area contributed by atoms with Gasteiger partial charge in [-0.1, -0.05) is 32.0 Å². The van der Waals surface area contributed by atoms with E-state index >= 15 is 0 Å². The lowest BCUT2D eigenvalue weighted by Crippen LogP contribution is -2.41. The molecule has 0 saturated heterocycles. The molecule has 4 aromatic rings. The summed E-state index contributed by atoms with van der Waals surface area (Å²) in [6.45, 7) is 5.11. The van der Waals surface area contributed by atoms with Gasteiger partial charge >= 0.3 is 0 Å². The highest BCUT2D eigenvalue weighted by molar-refractivity contribution is 5.91. The molecule has 0 spiro atoms. The standard InChI is InChI=1S/C32H33FN2O5/c1-21(2)17-30(36)35-15-14-22-8-11-25(18-28(22)31(35)23-6-9-24(33)10-7-23)39-20-27-12-13-29(40-27)32(37)34(3)19-26-5-4-16-38-26/h4-13,16,18,21,31H,14-15,17,19-20H2,1-3H3. The lowest BCUT2D eigenvalue weighted by molar-refractivity contribution is -0.134. The highest BCUT2D eigenvalue weighted by atomic mass is 19.1. The molecule has 0 N–H and O–H groups in total. The van der Waals surface area contributed by atoms with Crippen LogP contribution in [0, 0.1) is 11.7 Å². The third-order valence-corrected chi connectivity index (χ3v) is 7.01. The van der Waals surface area contributed by atoms with Crippen molar-refractivity contribution in [1.82, 2.24) is 9.80 Å². The SMILES string of the molecule is CC(C)CC(=O)N1CCc2ccc(OCc3ccc(C(=O)N(C)Cc4ccco4)o3)cc2C1c1ccc(F)cc1. The van der Waals surface area contributed by atoms with Crippen molar-refractivity contribution in [2.45, 2.75) is 45.9 Å². The molecule has 208 valence electrons. The minimum atomic E-state index is -0.336. The Kier molecular flexibility index (Phi) is 8.05. The quantitative estimate of drug-likeness (QED) is 0.244. The first kappa shape index (κ1) is 27.2. The first-order chi connectivity index (χ1) is 19.3. The number of hydrogen-bond acceptors (Lipinski definition) is 5. The van der Waals surface area contributed by atoms with Gasteiger partial charge in [0.05, 0.1) is 18.8 Å². The summed E-state index contributed by atoms with van der Waals surface area (Å²) in [4.78, 5) is 29.4. The molecule has 2 aromatic heterocycles. The summed E-state index contributed by atoms with van der Waals surface area (Å²) in [6.07, 6.45) is 2.74. The van der Waals surface area contributed by atoms with E-state index in [1.165, 1.54) is 17.0 Å². The Morgan fingerprint density at radius 3 is 2.60 bits per heavy atom. The number of carbonyl (C=O) groups is 2. The van der Waals surface area contributed by atoms with Crippen LogP contribution in [0.2, 0.25) is 0 Å². The van der Waals surface area contributed by atoms with Crippen LogP contribution in [-0.4, -0.2) is 35.2 Å². The number of amides is 2. The Hall–Kier alpha value is -4.33. The fourth-order valence-corrected chi connectivity index (χ4v) is 5.04. The summed E-state index contributed by atoms with van der Waals surface area (Å²) in [5.41, 5.74) is 2.94. The number of hydrogen-bond donors (Lipinski definition) is 0. The molecular formula is C32H33FN2O5. The maximum Gasteiger partial charge on any atom is 0.289 e. The number of benzene rings is 2. The predicted molar refractivity (Wildman–Crippen MR) is 147 cm³/mol. The van der Waals surface area contributed by atoms with E-state index in [-0.39, 0.29) is 42.0 Å². The van der Waals surface area contributed by atoms with Crippen LogP contribution in [0.5, 0.6) is 5.75 Å². The molecule has 3 heterocycles. The Morgan fingerprint density at radius 2 is 1.88 bits per heavy atom. The van der Waals surface area contributed by atoms with E-state index in [0.29, 0.717) is 36.8 Å². The molecule has 0 saturated carbocycles. The summed E-state index contributed by atoms with van der Waals surface area (Å²) in [5.74, 6) is 1.75. The number of fused-ring (bicyclic) bond motifs is 1. The lowest BCUT2D eigenvalue weighted by atomic mass is 9.87. The summed E-state index contributed by atoms with van der Waals surface area (Å²) in [5, 5.41) is 0. The average molecular weight is 545 g/mol. The van der Waals surface area contributed by atoms with E-state index in [4.69, 9.17) is 13.6 Å². The second-order valence-corrected chi connectivity index (χ2v) is 10.5. The average Bonchev–Trinajstić information content (AvgIpc) is 3.63. The third-order valence-electron chi connectivity index (χ3n) is 7.01. The van der Waals surface area contributed by atoms with Crippen LogP contribution in [0.25, 0.3) is 0 Å². The normalized spacial score (nSPS) is 14.7. The van der Waals surface area contributed by atoms with Gasteiger partial charge in [-0.25, -0.2) is 4.39 Å². The smallest absolute Gasteiger partial charge is 0.289 e. The molecule has 0 radical (unpaired) electrons. The maximum absolute atomic E-state index is 13.7. The second kappa shape index (κ2) is 11.8. The molecule has 2 amide bonds. The van der Waals surface area contributed by atoms with Crippen molar-refractivity contribution in [3.05, 3.63) is 113 Å². The summed E-state index contributed by atoms with van der Waals surface area (Å²) in [7, 11) is 1.68. The monoisotopic (exact) mass is 544 g/mol. The molecule has 2 aromatic carbocycles. The first-order valence-corrected chi connectivity index (χ1v) is 13.5. The molecule has 1 unspecified atom stereocenters. The van der Waals surface area contributed by atoms with Gasteiger partial charge in [-0.3, -0.25) is 9.59 Å². The Morgan fingerprint density at radius 1 is 1.07 bits per heavy atom. The Labute approximate surface area is 233 Å². The molecule has 0 fully saturated rings. The van der Waals surface area contributed by atoms with Crippen LogP contribution in [-0.2, 0) is 24.4 Å². The summed E-state index contributed by atoms with van der Waals surface area (Å²) >= 11 is 0. The molecule has 1 atom stereocenters. The minimum absolute atomic E-state index is 0.0751. The second-order valence-electron chi connectivity index (χ2n) is 10.5. The highest BCUT2D eigenvalue weighted by Gasteiger charge is 2.32. The lowest BCUT2D eigenvalue weighted by Gasteiger charge is -2.38. The molecule has 1 aliphatic rings. The van der Waals surface area contributed by atoms with Gasteiger partial charge in [0.15, 0.2) is 5.76 Å². The largest absolute Gasteiger partial charge is 0.486 e. The van der Waals surface area contributed by atoms with Crippen LogP contribution in [0.15, 0.2) is 81.8 Å². The highest BCUT2D eigenvalue weighted by Crippen LogP contribution is 2.38. The molecule has 40 heavy (non-hydrogen) atoms. The first-order valence-electron chi connectivity index (χ1n) is 13.5. The van der Waals surface area contributed by atoms with Crippen LogP contribution in [0.1, 0.15) is 65.1 Å². The van der Waals surface area contributed by atoms with Crippen LogP contribution in [0.3, 0.4) is 0 Å². The van der Waals surface area contributed by atoms with Crippen LogP contribution in [0.4, 0.5) is 4.39 Å². The summed E-state index contributed by atoms with van der Waals surface area (Å²) in [6, 6.07) is 18.8. The van der Waals surface area contributed by atoms with Crippen molar-refractivity contribution in [3.8, 4) is 5.75 Å². The zero-order chi connectivity index (χ0) is 28.2. The van der Waals surface area contributed by atoms with Gasteiger partial charge in [-0.05, 0) is 77.6 Å². The van der Waals surface area contributed by atoms with E-state index < -0.39 is 0 Å². The number of halogens is 1. The van der Waals surface area contributed by atoms with Crippen LogP contribution < -0.4 is 4.74 Å². The Balaban J connectivity index is 1.33.